The zero-order valence-electron chi connectivity index (χ0n) is 14.5. The molecule has 0 aliphatic carbocycles. The summed E-state index contributed by atoms with van der Waals surface area (Å²) in [5, 5.41) is 8.46. The zero-order chi connectivity index (χ0) is 18.4. The molecular weight excluding hydrogens is 321 g/mol. The molecule has 0 aromatic heterocycles. The summed E-state index contributed by atoms with van der Waals surface area (Å²) in [7, 11) is 0. The minimum Gasteiger partial charge on any atom is -0.355 e. The van der Waals surface area contributed by atoms with Crippen molar-refractivity contribution in [1.29, 1.82) is 0 Å². The number of amides is 2. The predicted octanol–water partition coefficient (Wildman–Crippen LogP) is 3.21. The Hall–Kier alpha value is -2.89. The average molecular weight is 343 g/mol. The van der Waals surface area contributed by atoms with Crippen LogP contribution in [0, 0.1) is 5.82 Å². The van der Waals surface area contributed by atoms with Crippen molar-refractivity contribution in [2.24, 2.45) is 0 Å². The first-order chi connectivity index (χ1) is 11.7. The highest BCUT2D eigenvalue weighted by Gasteiger charge is 2.16. The summed E-state index contributed by atoms with van der Waals surface area (Å²) in [5.74, 6) is -0.958. The summed E-state index contributed by atoms with van der Waals surface area (Å²) in [4.78, 5) is 24.2. The molecule has 132 valence electrons. The van der Waals surface area contributed by atoms with Crippen LogP contribution < -0.4 is 16.0 Å². The topological polar surface area (TPSA) is 70.2 Å². The number of hydrogen-bond acceptors (Lipinski definition) is 3. The van der Waals surface area contributed by atoms with Crippen molar-refractivity contribution < 1.29 is 14.0 Å². The van der Waals surface area contributed by atoms with Crippen molar-refractivity contribution in [2.45, 2.75) is 26.3 Å². The van der Waals surface area contributed by atoms with Crippen LogP contribution in [0.4, 0.5) is 15.8 Å². The van der Waals surface area contributed by atoms with Crippen molar-refractivity contribution >= 4 is 23.2 Å². The Morgan fingerprint density at radius 1 is 1.00 bits per heavy atom. The van der Waals surface area contributed by atoms with Crippen LogP contribution in [-0.4, -0.2) is 23.9 Å². The Morgan fingerprint density at radius 3 is 2.28 bits per heavy atom. The lowest BCUT2D eigenvalue weighted by atomic mass is 10.1. The molecule has 0 aliphatic heterocycles. The van der Waals surface area contributed by atoms with Gasteiger partial charge in [0, 0.05) is 11.2 Å². The highest BCUT2D eigenvalue weighted by Crippen LogP contribution is 2.21. The SMILES string of the molecule is CC(C)(C)NC(=O)CNC(=O)c1ccccc1Nc1ccc(F)cc1. The van der Waals surface area contributed by atoms with Gasteiger partial charge >= 0.3 is 0 Å². The Labute approximate surface area is 146 Å². The molecule has 6 heteroatoms. The lowest BCUT2D eigenvalue weighted by Gasteiger charge is -2.20. The maximum atomic E-state index is 13.0. The molecule has 2 aromatic rings. The van der Waals surface area contributed by atoms with E-state index in [0.29, 0.717) is 16.9 Å². The van der Waals surface area contributed by atoms with Gasteiger partial charge in [-0.1, -0.05) is 12.1 Å². The van der Waals surface area contributed by atoms with Gasteiger partial charge in [0.1, 0.15) is 5.82 Å². The Morgan fingerprint density at radius 2 is 1.64 bits per heavy atom. The number of para-hydroxylation sites is 1. The fourth-order valence-corrected chi connectivity index (χ4v) is 2.20. The fraction of sp³-hybridized carbons (Fsp3) is 0.263. The molecule has 3 N–H and O–H groups in total. The van der Waals surface area contributed by atoms with E-state index in [2.05, 4.69) is 16.0 Å². The van der Waals surface area contributed by atoms with Crippen LogP contribution in [0.15, 0.2) is 48.5 Å². The lowest BCUT2D eigenvalue weighted by molar-refractivity contribution is -0.121. The maximum absolute atomic E-state index is 13.0. The Balaban J connectivity index is 2.05. The van der Waals surface area contributed by atoms with Gasteiger partial charge in [-0.15, -0.1) is 0 Å². The number of carbonyl (C=O) groups excluding carboxylic acids is 2. The van der Waals surface area contributed by atoms with Crippen molar-refractivity contribution in [3.63, 3.8) is 0 Å². The van der Waals surface area contributed by atoms with Gasteiger partial charge < -0.3 is 16.0 Å². The van der Waals surface area contributed by atoms with Crippen molar-refractivity contribution in [3.05, 3.63) is 59.9 Å². The van der Waals surface area contributed by atoms with Crippen molar-refractivity contribution in [2.75, 3.05) is 11.9 Å². The molecule has 0 bridgehead atoms. The lowest BCUT2D eigenvalue weighted by Crippen LogP contribution is -2.45. The molecular formula is C19H22FN3O2. The second-order valence-electron chi connectivity index (χ2n) is 6.66. The van der Waals surface area contributed by atoms with Crippen LogP contribution in [-0.2, 0) is 4.79 Å². The number of anilines is 2. The van der Waals surface area contributed by atoms with Crippen LogP contribution in [0.25, 0.3) is 0 Å². The van der Waals surface area contributed by atoms with E-state index in [-0.39, 0.29) is 29.7 Å². The first-order valence-corrected chi connectivity index (χ1v) is 7.95. The molecule has 0 unspecified atom stereocenters. The number of nitrogens with one attached hydrogen (secondary N) is 3. The van der Waals surface area contributed by atoms with E-state index in [9.17, 15) is 14.0 Å². The van der Waals surface area contributed by atoms with Crippen LogP contribution in [0.3, 0.4) is 0 Å². The van der Waals surface area contributed by atoms with Gasteiger partial charge in [0.2, 0.25) is 5.91 Å². The monoisotopic (exact) mass is 343 g/mol. The number of hydrogen-bond donors (Lipinski definition) is 3. The summed E-state index contributed by atoms with van der Waals surface area (Å²) in [6.45, 7) is 5.50. The van der Waals surface area contributed by atoms with Gasteiger partial charge in [-0.2, -0.15) is 0 Å². The Bertz CT molecular complexity index is 752. The van der Waals surface area contributed by atoms with E-state index in [1.165, 1.54) is 12.1 Å². The number of benzene rings is 2. The summed E-state index contributed by atoms with van der Waals surface area (Å²) >= 11 is 0. The first kappa shape index (κ1) is 18.4. The average Bonchev–Trinajstić information content (AvgIpc) is 2.54. The largest absolute Gasteiger partial charge is 0.355 e. The summed E-state index contributed by atoms with van der Waals surface area (Å²) in [6.07, 6.45) is 0. The highest BCUT2D eigenvalue weighted by atomic mass is 19.1. The van der Waals surface area contributed by atoms with Crippen molar-refractivity contribution in [3.8, 4) is 0 Å². The van der Waals surface area contributed by atoms with Gasteiger partial charge in [0.15, 0.2) is 0 Å². The molecule has 25 heavy (non-hydrogen) atoms. The van der Waals surface area contributed by atoms with E-state index in [0.717, 1.165) is 0 Å². The van der Waals surface area contributed by atoms with Crippen LogP contribution in [0.1, 0.15) is 31.1 Å². The fourth-order valence-electron chi connectivity index (χ4n) is 2.20. The highest BCUT2D eigenvalue weighted by molar-refractivity contribution is 6.01. The first-order valence-electron chi connectivity index (χ1n) is 7.95. The second kappa shape index (κ2) is 7.79. The predicted molar refractivity (Wildman–Crippen MR) is 96.4 cm³/mol. The van der Waals surface area contributed by atoms with Gasteiger partial charge in [-0.3, -0.25) is 9.59 Å². The molecule has 5 nitrogen and oxygen atoms in total. The molecule has 0 radical (unpaired) electrons. The molecule has 0 fully saturated rings. The molecule has 2 aromatic carbocycles. The van der Waals surface area contributed by atoms with E-state index >= 15 is 0 Å². The van der Waals surface area contributed by atoms with E-state index in [1.54, 1.807) is 36.4 Å². The minimum absolute atomic E-state index is 0.110. The third kappa shape index (κ3) is 5.91. The molecule has 2 rings (SSSR count). The summed E-state index contributed by atoms with van der Waals surface area (Å²) in [6, 6.07) is 12.8. The molecule has 0 atom stereocenters. The van der Waals surface area contributed by atoms with Crippen LogP contribution in [0.2, 0.25) is 0 Å². The number of halogens is 1. The van der Waals surface area contributed by atoms with Gasteiger partial charge in [-0.05, 0) is 57.2 Å². The molecule has 0 aliphatic rings. The van der Waals surface area contributed by atoms with E-state index < -0.39 is 0 Å². The smallest absolute Gasteiger partial charge is 0.253 e. The van der Waals surface area contributed by atoms with Gasteiger partial charge in [0.25, 0.3) is 5.91 Å². The molecule has 2 amide bonds. The minimum atomic E-state index is -0.366. The van der Waals surface area contributed by atoms with Crippen molar-refractivity contribution in [1.82, 2.24) is 10.6 Å². The third-order valence-electron chi connectivity index (χ3n) is 3.22. The third-order valence-corrected chi connectivity index (χ3v) is 3.22. The molecule has 0 heterocycles. The van der Waals surface area contributed by atoms with Gasteiger partial charge in [-0.25, -0.2) is 4.39 Å². The molecule has 0 saturated carbocycles. The van der Waals surface area contributed by atoms with Crippen LogP contribution >= 0.6 is 0 Å². The molecule has 0 saturated heterocycles. The number of rotatable bonds is 5. The maximum Gasteiger partial charge on any atom is 0.253 e. The zero-order valence-corrected chi connectivity index (χ0v) is 14.5. The van der Waals surface area contributed by atoms with E-state index in [1.807, 2.05) is 20.8 Å². The normalized spacial score (nSPS) is 10.9. The van der Waals surface area contributed by atoms with Crippen LogP contribution in [0.5, 0.6) is 0 Å². The van der Waals surface area contributed by atoms with Gasteiger partial charge in [0.05, 0.1) is 17.8 Å². The Kier molecular flexibility index (Phi) is 5.75. The molecule has 0 spiro atoms. The summed E-state index contributed by atoms with van der Waals surface area (Å²) in [5.41, 5.74) is 1.27. The number of carbonyl (C=O) groups is 2. The summed E-state index contributed by atoms with van der Waals surface area (Å²) < 4.78 is 13.0. The standard InChI is InChI=1S/C19H22FN3O2/c1-19(2,3)23-17(24)12-21-18(25)15-6-4-5-7-16(15)22-14-10-8-13(20)9-11-14/h4-11,22H,12H2,1-3H3,(H,21,25)(H,23,24). The second-order valence-corrected chi connectivity index (χ2v) is 6.66. The van der Waals surface area contributed by atoms with E-state index in [4.69, 9.17) is 0 Å². The quantitative estimate of drug-likeness (QED) is 0.781.